The molecule has 0 aromatic carbocycles. The first-order chi connectivity index (χ1) is 7.13. The second-order valence-electron chi connectivity index (χ2n) is 4.83. The lowest BCUT2D eigenvalue weighted by atomic mass is 10.1. The molecule has 0 bridgehead atoms. The van der Waals surface area contributed by atoms with Crippen LogP contribution in [0.5, 0.6) is 0 Å². The second-order valence-corrected chi connectivity index (χ2v) is 4.83. The van der Waals surface area contributed by atoms with Gasteiger partial charge in [-0.15, -0.1) is 0 Å². The van der Waals surface area contributed by atoms with Crippen LogP contribution >= 0.6 is 0 Å². The highest BCUT2D eigenvalue weighted by Crippen LogP contribution is 2.17. The fraction of sp³-hybridized carbons (Fsp3) is 0.917. The lowest BCUT2D eigenvalue weighted by Gasteiger charge is -2.16. The molecule has 1 aliphatic rings. The number of rotatable bonds is 6. The van der Waals surface area contributed by atoms with E-state index in [4.69, 9.17) is 0 Å². The Labute approximate surface area is 93.2 Å². The summed E-state index contributed by atoms with van der Waals surface area (Å²) >= 11 is 0. The normalized spacial score (nSPS) is 23.5. The average molecular weight is 212 g/mol. The summed E-state index contributed by atoms with van der Waals surface area (Å²) in [5.74, 6) is 0.915. The molecule has 3 nitrogen and oxygen atoms in total. The Morgan fingerprint density at radius 3 is 2.80 bits per heavy atom. The predicted molar refractivity (Wildman–Crippen MR) is 62.7 cm³/mol. The first kappa shape index (κ1) is 12.5. The van der Waals surface area contributed by atoms with Crippen molar-refractivity contribution in [1.82, 2.24) is 10.2 Å². The Kier molecular flexibility index (Phi) is 5.09. The van der Waals surface area contributed by atoms with Crippen LogP contribution in [0.25, 0.3) is 0 Å². The van der Waals surface area contributed by atoms with Crippen LogP contribution in [-0.2, 0) is 4.79 Å². The quantitative estimate of drug-likeness (QED) is 0.679. The molecule has 0 radical (unpaired) electrons. The molecule has 2 atom stereocenters. The van der Waals surface area contributed by atoms with Crippen LogP contribution in [0.15, 0.2) is 0 Å². The van der Waals surface area contributed by atoms with E-state index >= 15 is 0 Å². The van der Waals surface area contributed by atoms with Crippen LogP contribution in [0.1, 0.15) is 39.5 Å². The van der Waals surface area contributed by atoms with Crippen LogP contribution in [-0.4, -0.2) is 37.0 Å². The predicted octanol–water partition coefficient (Wildman–Crippen LogP) is 1.63. The van der Waals surface area contributed by atoms with Crippen LogP contribution in [0.4, 0.5) is 0 Å². The van der Waals surface area contributed by atoms with E-state index in [1.807, 2.05) is 11.9 Å². The van der Waals surface area contributed by atoms with Gasteiger partial charge in [0.2, 0.25) is 5.91 Å². The summed E-state index contributed by atoms with van der Waals surface area (Å²) < 4.78 is 0. The Morgan fingerprint density at radius 1 is 1.53 bits per heavy atom. The van der Waals surface area contributed by atoms with Gasteiger partial charge < -0.3 is 10.2 Å². The summed E-state index contributed by atoms with van der Waals surface area (Å²) in [5, 5.41) is 3.23. The van der Waals surface area contributed by atoms with Crippen molar-refractivity contribution in [3.63, 3.8) is 0 Å². The third-order valence-electron chi connectivity index (χ3n) is 3.22. The van der Waals surface area contributed by atoms with Gasteiger partial charge in [0.25, 0.3) is 0 Å². The van der Waals surface area contributed by atoms with Gasteiger partial charge in [-0.05, 0) is 32.7 Å². The first-order valence-corrected chi connectivity index (χ1v) is 6.08. The molecule has 0 spiro atoms. The number of amides is 1. The highest BCUT2D eigenvalue weighted by molar-refractivity contribution is 5.78. The molecule has 0 aromatic rings. The molecular weight excluding hydrogens is 188 g/mol. The fourth-order valence-electron chi connectivity index (χ4n) is 2.08. The minimum atomic E-state index is 0.351. The van der Waals surface area contributed by atoms with Crippen molar-refractivity contribution in [2.24, 2.45) is 5.92 Å². The molecule has 88 valence electrons. The summed E-state index contributed by atoms with van der Waals surface area (Å²) in [6.45, 7) is 6.28. The Hall–Kier alpha value is -0.570. The maximum atomic E-state index is 11.5. The van der Waals surface area contributed by atoms with E-state index in [0.29, 0.717) is 17.9 Å². The molecule has 1 aliphatic heterocycles. The van der Waals surface area contributed by atoms with Gasteiger partial charge in [0.05, 0.1) is 0 Å². The SMILES string of the molecule is CNC(C)CCCCN1CC(C)CC1=O. The third kappa shape index (κ3) is 4.20. The average Bonchev–Trinajstić information content (AvgIpc) is 2.52. The molecule has 1 saturated heterocycles. The smallest absolute Gasteiger partial charge is 0.222 e. The number of carbonyl (C=O) groups is 1. The maximum absolute atomic E-state index is 11.5. The van der Waals surface area contributed by atoms with Crippen molar-refractivity contribution in [1.29, 1.82) is 0 Å². The van der Waals surface area contributed by atoms with Gasteiger partial charge >= 0.3 is 0 Å². The third-order valence-corrected chi connectivity index (χ3v) is 3.22. The van der Waals surface area contributed by atoms with E-state index in [1.54, 1.807) is 0 Å². The van der Waals surface area contributed by atoms with Gasteiger partial charge in [-0.3, -0.25) is 4.79 Å². The standard InChI is InChI=1S/C12H24N2O/c1-10-8-12(15)14(9-10)7-5-4-6-11(2)13-3/h10-11,13H,4-9H2,1-3H3. The summed E-state index contributed by atoms with van der Waals surface area (Å²) in [6.07, 6.45) is 4.31. The van der Waals surface area contributed by atoms with Crippen LogP contribution in [0.3, 0.4) is 0 Å². The zero-order valence-corrected chi connectivity index (χ0v) is 10.3. The summed E-state index contributed by atoms with van der Waals surface area (Å²) in [4.78, 5) is 13.5. The zero-order chi connectivity index (χ0) is 11.3. The molecule has 1 rings (SSSR count). The summed E-state index contributed by atoms with van der Waals surface area (Å²) in [6, 6.07) is 0.596. The van der Waals surface area contributed by atoms with E-state index < -0.39 is 0 Å². The van der Waals surface area contributed by atoms with Crippen molar-refractivity contribution >= 4 is 5.91 Å². The summed E-state index contributed by atoms with van der Waals surface area (Å²) in [5.41, 5.74) is 0. The Bertz CT molecular complexity index is 206. The minimum absolute atomic E-state index is 0.351. The van der Waals surface area contributed by atoms with E-state index in [2.05, 4.69) is 19.2 Å². The number of unbranched alkanes of at least 4 members (excludes halogenated alkanes) is 1. The number of nitrogens with one attached hydrogen (secondary N) is 1. The van der Waals surface area contributed by atoms with Gasteiger partial charge in [0, 0.05) is 25.6 Å². The molecule has 1 N–H and O–H groups in total. The Morgan fingerprint density at radius 2 is 2.27 bits per heavy atom. The molecule has 1 amide bonds. The molecule has 0 aliphatic carbocycles. The molecule has 3 heteroatoms. The Balaban J connectivity index is 2.08. The van der Waals surface area contributed by atoms with Gasteiger partial charge in [-0.2, -0.15) is 0 Å². The second kappa shape index (κ2) is 6.11. The molecule has 1 heterocycles. The van der Waals surface area contributed by atoms with E-state index in [9.17, 15) is 4.79 Å². The van der Waals surface area contributed by atoms with Gasteiger partial charge in [0.15, 0.2) is 0 Å². The molecular formula is C12H24N2O. The monoisotopic (exact) mass is 212 g/mol. The number of carbonyl (C=O) groups excluding carboxylic acids is 1. The number of nitrogens with zero attached hydrogens (tertiary/aromatic N) is 1. The molecule has 0 aromatic heterocycles. The number of likely N-dealkylation sites (tertiary alicyclic amines) is 1. The van der Waals surface area contributed by atoms with Crippen molar-refractivity contribution in [2.75, 3.05) is 20.1 Å². The van der Waals surface area contributed by atoms with E-state index in [0.717, 1.165) is 25.9 Å². The topological polar surface area (TPSA) is 32.3 Å². The van der Waals surface area contributed by atoms with Gasteiger partial charge in [0.1, 0.15) is 0 Å². The maximum Gasteiger partial charge on any atom is 0.222 e. The van der Waals surface area contributed by atoms with Crippen molar-refractivity contribution in [3.8, 4) is 0 Å². The fourth-order valence-corrected chi connectivity index (χ4v) is 2.08. The highest BCUT2D eigenvalue weighted by Gasteiger charge is 2.25. The van der Waals surface area contributed by atoms with Gasteiger partial charge in [-0.25, -0.2) is 0 Å². The van der Waals surface area contributed by atoms with Crippen molar-refractivity contribution < 1.29 is 4.79 Å². The molecule has 15 heavy (non-hydrogen) atoms. The number of hydrogen-bond donors (Lipinski definition) is 1. The van der Waals surface area contributed by atoms with E-state index in [1.165, 1.54) is 12.8 Å². The molecule has 2 unspecified atom stereocenters. The summed E-state index contributed by atoms with van der Waals surface area (Å²) in [7, 11) is 2.00. The largest absolute Gasteiger partial charge is 0.342 e. The zero-order valence-electron chi connectivity index (χ0n) is 10.3. The van der Waals surface area contributed by atoms with Crippen LogP contribution < -0.4 is 5.32 Å². The van der Waals surface area contributed by atoms with Crippen molar-refractivity contribution in [2.45, 2.75) is 45.6 Å². The van der Waals surface area contributed by atoms with Crippen molar-refractivity contribution in [3.05, 3.63) is 0 Å². The number of hydrogen-bond acceptors (Lipinski definition) is 2. The van der Waals surface area contributed by atoms with Crippen LogP contribution in [0.2, 0.25) is 0 Å². The first-order valence-electron chi connectivity index (χ1n) is 6.08. The lowest BCUT2D eigenvalue weighted by molar-refractivity contribution is -0.127. The minimum Gasteiger partial charge on any atom is -0.342 e. The lowest BCUT2D eigenvalue weighted by Crippen LogP contribution is -2.27. The highest BCUT2D eigenvalue weighted by atomic mass is 16.2. The molecule has 1 fully saturated rings. The van der Waals surface area contributed by atoms with Crippen LogP contribution in [0, 0.1) is 5.92 Å². The van der Waals surface area contributed by atoms with Gasteiger partial charge in [-0.1, -0.05) is 13.3 Å². The van der Waals surface area contributed by atoms with E-state index in [-0.39, 0.29) is 0 Å². The molecule has 0 saturated carbocycles.